The van der Waals surface area contributed by atoms with E-state index in [0.29, 0.717) is 37.8 Å². The van der Waals surface area contributed by atoms with Gasteiger partial charge in [0.25, 0.3) is 0 Å². The van der Waals surface area contributed by atoms with Gasteiger partial charge in [0.05, 0.1) is 12.1 Å². The van der Waals surface area contributed by atoms with Gasteiger partial charge in [-0.3, -0.25) is 9.59 Å². The molecule has 4 unspecified atom stereocenters. The number of unbranched alkanes of at least 4 members (excludes halogenated alkanes) is 1. The van der Waals surface area contributed by atoms with E-state index in [1.807, 2.05) is 30.3 Å². The van der Waals surface area contributed by atoms with Gasteiger partial charge in [-0.1, -0.05) is 30.3 Å². The molecular weight excluding hydrogens is 400 g/mol. The van der Waals surface area contributed by atoms with Gasteiger partial charge >= 0.3 is 6.09 Å². The van der Waals surface area contributed by atoms with Crippen molar-refractivity contribution in [2.45, 2.75) is 69.3 Å². The third kappa shape index (κ3) is 6.18. The molecule has 2 bridgehead atoms. The van der Waals surface area contributed by atoms with Crippen LogP contribution in [0.2, 0.25) is 0 Å². The van der Waals surface area contributed by atoms with Crippen LogP contribution in [0.5, 0.6) is 0 Å². The van der Waals surface area contributed by atoms with Crippen LogP contribution in [0.25, 0.3) is 0 Å². The third-order valence-electron chi connectivity index (χ3n) is 6.32. The minimum Gasteiger partial charge on any atom is -0.465 e. The van der Waals surface area contributed by atoms with E-state index in [2.05, 4.69) is 10.6 Å². The second-order valence-corrected chi connectivity index (χ2v) is 8.56. The molecule has 2 fully saturated rings. The zero-order valence-electron chi connectivity index (χ0n) is 17.6. The lowest BCUT2D eigenvalue weighted by Crippen LogP contribution is -2.55. The van der Waals surface area contributed by atoms with Gasteiger partial charge in [0, 0.05) is 19.1 Å². The van der Waals surface area contributed by atoms with Gasteiger partial charge in [0.2, 0.25) is 11.8 Å². The molecule has 2 aliphatic rings. The number of carbonyl (C=O) groups excluding carboxylic acids is 2. The smallest absolute Gasteiger partial charge is 0.407 e. The highest BCUT2D eigenvalue weighted by molar-refractivity contribution is 5.85. The van der Waals surface area contributed by atoms with Crippen molar-refractivity contribution >= 4 is 17.9 Å². The number of amides is 3. The molecule has 1 heterocycles. The van der Waals surface area contributed by atoms with Crippen molar-refractivity contribution < 1.29 is 24.6 Å². The van der Waals surface area contributed by atoms with Crippen LogP contribution in [0, 0.1) is 5.92 Å². The standard InChI is InChI=1S/C22H32N4O5/c23-20(28)19(27)17(25-21(29)18-15-9-10-16(12-15)24-18)8-4-5-11-26(22(30)31)13-14-6-2-1-3-7-14/h1-3,6-7,15-19,24,27H,4-5,8-13H2,(H2,23,28)(H,25,29)(H,30,31)/t15?,16?,17?,18-,19?/m0/s1. The van der Waals surface area contributed by atoms with Crippen LogP contribution in [0.15, 0.2) is 30.3 Å². The summed E-state index contributed by atoms with van der Waals surface area (Å²) in [6.07, 6.45) is 1.95. The Labute approximate surface area is 182 Å². The molecule has 1 aliphatic carbocycles. The largest absolute Gasteiger partial charge is 0.465 e. The number of carbonyl (C=O) groups is 3. The first-order valence-corrected chi connectivity index (χ1v) is 10.9. The fourth-order valence-electron chi connectivity index (χ4n) is 4.64. The second-order valence-electron chi connectivity index (χ2n) is 8.56. The van der Waals surface area contributed by atoms with Crippen molar-refractivity contribution in [3.8, 4) is 0 Å². The first-order valence-electron chi connectivity index (χ1n) is 10.9. The van der Waals surface area contributed by atoms with E-state index in [-0.39, 0.29) is 18.5 Å². The zero-order valence-corrected chi connectivity index (χ0v) is 17.6. The molecule has 31 heavy (non-hydrogen) atoms. The Balaban J connectivity index is 1.49. The highest BCUT2D eigenvalue weighted by atomic mass is 16.4. The maximum Gasteiger partial charge on any atom is 0.407 e. The van der Waals surface area contributed by atoms with Gasteiger partial charge in [-0.2, -0.15) is 0 Å². The molecular formula is C22H32N4O5. The van der Waals surface area contributed by atoms with Crippen molar-refractivity contribution in [2.75, 3.05) is 6.54 Å². The maximum absolute atomic E-state index is 12.7. The average molecular weight is 433 g/mol. The Morgan fingerprint density at radius 2 is 1.94 bits per heavy atom. The summed E-state index contributed by atoms with van der Waals surface area (Å²) in [6.45, 7) is 0.599. The number of hydrogen-bond donors (Lipinski definition) is 5. The van der Waals surface area contributed by atoms with E-state index >= 15 is 0 Å². The van der Waals surface area contributed by atoms with Crippen molar-refractivity contribution in [3.63, 3.8) is 0 Å². The number of nitrogens with two attached hydrogens (primary N) is 1. The van der Waals surface area contributed by atoms with Crippen LogP contribution in [-0.4, -0.2) is 63.8 Å². The number of primary amides is 1. The van der Waals surface area contributed by atoms with E-state index in [9.17, 15) is 24.6 Å². The summed E-state index contributed by atoms with van der Waals surface area (Å²) in [4.78, 5) is 37.1. The van der Waals surface area contributed by atoms with Crippen LogP contribution >= 0.6 is 0 Å². The van der Waals surface area contributed by atoms with Gasteiger partial charge < -0.3 is 31.5 Å². The van der Waals surface area contributed by atoms with Crippen LogP contribution in [0.4, 0.5) is 4.79 Å². The van der Waals surface area contributed by atoms with E-state index in [0.717, 1.165) is 24.8 Å². The fourth-order valence-corrected chi connectivity index (χ4v) is 4.64. The Morgan fingerprint density at radius 3 is 2.52 bits per heavy atom. The number of piperidine rings is 1. The molecule has 1 aromatic rings. The second kappa shape index (κ2) is 10.6. The molecule has 0 aromatic heterocycles. The number of hydrogen-bond acceptors (Lipinski definition) is 5. The average Bonchev–Trinajstić information content (AvgIpc) is 3.38. The molecule has 0 spiro atoms. The lowest BCUT2D eigenvalue weighted by molar-refractivity contribution is -0.130. The molecule has 0 radical (unpaired) electrons. The summed E-state index contributed by atoms with van der Waals surface area (Å²) >= 11 is 0. The summed E-state index contributed by atoms with van der Waals surface area (Å²) in [6, 6.07) is 8.61. The van der Waals surface area contributed by atoms with Gasteiger partial charge in [0.15, 0.2) is 6.10 Å². The highest BCUT2D eigenvalue weighted by Crippen LogP contribution is 2.35. The van der Waals surface area contributed by atoms with Crippen LogP contribution in [-0.2, 0) is 16.1 Å². The number of fused-ring (bicyclic) bond motifs is 2. The Bertz CT molecular complexity index is 774. The maximum atomic E-state index is 12.7. The molecule has 3 amide bonds. The quantitative estimate of drug-likeness (QED) is 0.327. The van der Waals surface area contributed by atoms with Crippen molar-refractivity contribution in [3.05, 3.63) is 35.9 Å². The van der Waals surface area contributed by atoms with E-state index in [1.165, 1.54) is 4.90 Å². The van der Waals surface area contributed by atoms with Crippen molar-refractivity contribution in [2.24, 2.45) is 11.7 Å². The fraction of sp³-hybridized carbons (Fsp3) is 0.591. The number of nitrogens with one attached hydrogen (secondary N) is 2. The minimum atomic E-state index is -1.48. The number of aliphatic hydroxyl groups is 1. The number of carboxylic acid groups (broad SMARTS) is 1. The lowest BCUT2D eigenvalue weighted by atomic mass is 9.97. The Morgan fingerprint density at radius 1 is 1.19 bits per heavy atom. The van der Waals surface area contributed by atoms with E-state index < -0.39 is 24.1 Å². The van der Waals surface area contributed by atoms with Crippen LogP contribution in [0.1, 0.15) is 44.1 Å². The summed E-state index contributed by atoms with van der Waals surface area (Å²) in [5.41, 5.74) is 6.16. The summed E-state index contributed by atoms with van der Waals surface area (Å²) in [5, 5.41) is 25.7. The van der Waals surface area contributed by atoms with Gasteiger partial charge in [-0.15, -0.1) is 0 Å². The van der Waals surface area contributed by atoms with Gasteiger partial charge in [0.1, 0.15) is 0 Å². The molecule has 170 valence electrons. The van der Waals surface area contributed by atoms with Crippen LogP contribution in [0.3, 0.4) is 0 Å². The minimum absolute atomic E-state index is 0.214. The zero-order chi connectivity index (χ0) is 22.4. The first-order chi connectivity index (χ1) is 14.8. The Kier molecular flexibility index (Phi) is 7.86. The van der Waals surface area contributed by atoms with Crippen molar-refractivity contribution in [1.82, 2.24) is 15.5 Å². The summed E-state index contributed by atoms with van der Waals surface area (Å²) in [5.74, 6) is -0.810. The third-order valence-corrected chi connectivity index (χ3v) is 6.32. The normalized spacial score (nSPS) is 23.8. The van der Waals surface area contributed by atoms with E-state index in [4.69, 9.17) is 5.73 Å². The molecule has 9 nitrogen and oxygen atoms in total. The van der Waals surface area contributed by atoms with Gasteiger partial charge in [-0.25, -0.2) is 4.79 Å². The molecule has 5 atom stereocenters. The molecule has 1 saturated heterocycles. The molecule has 9 heteroatoms. The first kappa shape index (κ1) is 23.0. The summed E-state index contributed by atoms with van der Waals surface area (Å²) in [7, 11) is 0. The highest BCUT2D eigenvalue weighted by Gasteiger charge is 2.43. The predicted octanol–water partition coefficient (Wildman–Crippen LogP) is 0.808. The van der Waals surface area contributed by atoms with Crippen molar-refractivity contribution in [1.29, 1.82) is 0 Å². The van der Waals surface area contributed by atoms with Crippen LogP contribution < -0.4 is 16.4 Å². The molecule has 1 aliphatic heterocycles. The Hall–Kier alpha value is -2.65. The topological polar surface area (TPSA) is 145 Å². The number of aliphatic hydroxyl groups excluding tert-OH is 1. The van der Waals surface area contributed by atoms with Gasteiger partial charge in [-0.05, 0) is 50.0 Å². The summed E-state index contributed by atoms with van der Waals surface area (Å²) < 4.78 is 0. The molecule has 1 aromatic carbocycles. The number of rotatable bonds is 11. The molecule has 1 saturated carbocycles. The number of benzene rings is 1. The lowest BCUT2D eigenvalue weighted by Gasteiger charge is -2.27. The predicted molar refractivity (Wildman–Crippen MR) is 114 cm³/mol. The number of nitrogens with zero attached hydrogens (tertiary/aromatic N) is 1. The molecule has 3 rings (SSSR count). The van der Waals surface area contributed by atoms with E-state index in [1.54, 1.807) is 0 Å². The molecule has 6 N–H and O–H groups in total. The SMILES string of the molecule is NC(=O)C(O)C(CCCCN(Cc1ccccc1)C(=O)O)NC(=O)[C@H]1NC2CCC1C2. The monoisotopic (exact) mass is 432 g/mol.